The molecule has 1 aliphatic rings. The molecule has 1 aromatic rings. The molecule has 0 radical (unpaired) electrons. The number of nitrogens with one attached hydrogen (secondary N) is 1. The molecule has 0 saturated heterocycles. The van der Waals surface area contributed by atoms with Crippen molar-refractivity contribution in [2.24, 2.45) is 10.4 Å². The van der Waals surface area contributed by atoms with Gasteiger partial charge in [-0.05, 0) is 19.8 Å². The predicted molar refractivity (Wildman–Crippen MR) is 92.3 cm³/mol. The lowest BCUT2D eigenvalue weighted by Gasteiger charge is -2.39. The number of aliphatic hydroxyl groups is 1. The highest BCUT2D eigenvalue weighted by Crippen LogP contribution is 2.35. The van der Waals surface area contributed by atoms with Gasteiger partial charge in [0, 0.05) is 31.4 Å². The molecule has 2 N–H and O–H groups in total. The van der Waals surface area contributed by atoms with Crippen molar-refractivity contribution in [3.63, 3.8) is 0 Å². The Morgan fingerprint density at radius 3 is 2.95 bits per heavy atom. The van der Waals surface area contributed by atoms with Crippen LogP contribution in [0.25, 0.3) is 0 Å². The van der Waals surface area contributed by atoms with Crippen molar-refractivity contribution in [1.82, 2.24) is 15.2 Å². The Balaban J connectivity index is 1.91. The van der Waals surface area contributed by atoms with E-state index in [1.807, 2.05) is 14.0 Å². The Kier molecular flexibility index (Phi) is 5.81. The van der Waals surface area contributed by atoms with Gasteiger partial charge < -0.3 is 15.3 Å². The van der Waals surface area contributed by atoms with Crippen LogP contribution in [0.4, 0.5) is 0 Å². The zero-order valence-corrected chi connectivity index (χ0v) is 14.9. The van der Waals surface area contributed by atoms with E-state index < -0.39 is 0 Å². The molecule has 0 aromatic carbocycles. The summed E-state index contributed by atoms with van der Waals surface area (Å²) in [6.45, 7) is 5.68. The normalized spacial score (nSPS) is 26.0. The van der Waals surface area contributed by atoms with Crippen LogP contribution in [0.15, 0.2) is 10.4 Å². The van der Waals surface area contributed by atoms with Crippen molar-refractivity contribution < 1.29 is 5.11 Å². The quantitative estimate of drug-likeness (QED) is 0.659. The van der Waals surface area contributed by atoms with Crippen LogP contribution < -0.4 is 5.32 Å². The summed E-state index contributed by atoms with van der Waals surface area (Å²) in [5, 5.41) is 16.9. The van der Waals surface area contributed by atoms with Crippen molar-refractivity contribution in [2.75, 3.05) is 20.6 Å². The van der Waals surface area contributed by atoms with Crippen LogP contribution in [0, 0.1) is 12.3 Å². The summed E-state index contributed by atoms with van der Waals surface area (Å²) in [7, 11) is 3.81. The van der Waals surface area contributed by atoms with E-state index in [1.54, 1.807) is 18.4 Å². The Morgan fingerprint density at radius 2 is 2.36 bits per heavy atom. The smallest absolute Gasteiger partial charge is 0.193 e. The van der Waals surface area contributed by atoms with Gasteiger partial charge in [0.15, 0.2) is 5.96 Å². The molecule has 2 rings (SSSR count). The molecular weight excluding hydrogens is 296 g/mol. The third kappa shape index (κ3) is 4.20. The predicted octanol–water partition coefficient (Wildman–Crippen LogP) is 2.40. The third-order valence-corrected chi connectivity index (χ3v) is 5.39. The first kappa shape index (κ1) is 17.2. The topological polar surface area (TPSA) is 60.8 Å². The highest BCUT2D eigenvalue weighted by Gasteiger charge is 2.35. The highest BCUT2D eigenvalue weighted by molar-refractivity contribution is 7.09. The summed E-state index contributed by atoms with van der Waals surface area (Å²) >= 11 is 1.67. The molecule has 2 unspecified atom stereocenters. The van der Waals surface area contributed by atoms with Gasteiger partial charge in [-0.1, -0.05) is 19.8 Å². The molecule has 1 aromatic heterocycles. The molecule has 22 heavy (non-hydrogen) atoms. The molecule has 2 atom stereocenters. The summed E-state index contributed by atoms with van der Waals surface area (Å²) in [4.78, 5) is 10.9. The molecule has 0 aliphatic heterocycles. The largest absolute Gasteiger partial charge is 0.392 e. The lowest BCUT2D eigenvalue weighted by Crippen LogP contribution is -2.48. The average Bonchev–Trinajstić information content (AvgIpc) is 2.88. The first-order valence-electron chi connectivity index (χ1n) is 7.95. The van der Waals surface area contributed by atoms with Crippen molar-refractivity contribution in [3.05, 3.63) is 16.1 Å². The zero-order chi connectivity index (χ0) is 16.2. The van der Waals surface area contributed by atoms with Gasteiger partial charge in [0.2, 0.25) is 0 Å². The standard InChI is InChI=1S/C16H28N4OS/c1-12-19-13(10-22-12)9-20(4)15(17-3)18-11-16(2)8-6-5-7-14(16)21/h10,14,21H,5-9,11H2,1-4H3,(H,17,18). The number of rotatable bonds is 4. The van der Waals surface area contributed by atoms with Gasteiger partial charge in [-0.15, -0.1) is 11.3 Å². The SMILES string of the molecule is CN=C(NCC1(C)CCCCC1O)N(C)Cc1csc(C)n1. The van der Waals surface area contributed by atoms with E-state index in [4.69, 9.17) is 0 Å². The monoisotopic (exact) mass is 324 g/mol. The Bertz CT molecular complexity index is 516. The Hall–Kier alpha value is -1.14. The Morgan fingerprint density at radius 1 is 1.59 bits per heavy atom. The lowest BCUT2D eigenvalue weighted by molar-refractivity contribution is 0.00369. The number of aliphatic imine (C=N–C) groups is 1. The van der Waals surface area contributed by atoms with Crippen LogP contribution >= 0.6 is 11.3 Å². The van der Waals surface area contributed by atoms with E-state index in [1.165, 1.54) is 6.42 Å². The summed E-state index contributed by atoms with van der Waals surface area (Å²) < 4.78 is 0. The van der Waals surface area contributed by atoms with Crippen LogP contribution in [0.2, 0.25) is 0 Å². The second-order valence-electron chi connectivity index (χ2n) is 6.53. The molecule has 0 spiro atoms. The molecule has 1 saturated carbocycles. The Labute approximate surface area is 137 Å². The van der Waals surface area contributed by atoms with Crippen molar-refractivity contribution in [2.45, 2.75) is 52.2 Å². The average molecular weight is 324 g/mol. The summed E-state index contributed by atoms with van der Waals surface area (Å²) in [5.74, 6) is 0.852. The van der Waals surface area contributed by atoms with Crippen LogP contribution in [0.3, 0.4) is 0 Å². The van der Waals surface area contributed by atoms with E-state index in [-0.39, 0.29) is 11.5 Å². The first-order chi connectivity index (χ1) is 10.4. The number of hydrogen-bond acceptors (Lipinski definition) is 4. The fraction of sp³-hybridized carbons (Fsp3) is 0.750. The van der Waals surface area contributed by atoms with Crippen LogP contribution in [-0.2, 0) is 6.54 Å². The summed E-state index contributed by atoms with van der Waals surface area (Å²) in [6.07, 6.45) is 4.08. The van der Waals surface area contributed by atoms with E-state index in [0.29, 0.717) is 0 Å². The van der Waals surface area contributed by atoms with Crippen LogP contribution in [0.1, 0.15) is 43.3 Å². The first-order valence-corrected chi connectivity index (χ1v) is 8.83. The second-order valence-corrected chi connectivity index (χ2v) is 7.59. The fourth-order valence-corrected chi connectivity index (χ4v) is 3.66. The van der Waals surface area contributed by atoms with E-state index in [9.17, 15) is 5.11 Å². The lowest BCUT2D eigenvalue weighted by atomic mass is 9.73. The van der Waals surface area contributed by atoms with Gasteiger partial charge in [0.05, 0.1) is 23.4 Å². The minimum atomic E-state index is -0.224. The number of hydrogen-bond donors (Lipinski definition) is 2. The van der Waals surface area contributed by atoms with Crippen molar-refractivity contribution >= 4 is 17.3 Å². The molecule has 124 valence electrons. The molecular formula is C16H28N4OS. The minimum Gasteiger partial charge on any atom is -0.392 e. The third-order valence-electron chi connectivity index (χ3n) is 4.57. The number of aliphatic hydroxyl groups excluding tert-OH is 1. The van der Waals surface area contributed by atoms with Gasteiger partial charge in [0.25, 0.3) is 0 Å². The molecule has 6 heteroatoms. The maximum absolute atomic E-state index is 10.3. The number of guanidine groups is 1. The van der Waals surface area contributed by atoms with Gasteiger partial charge in [-0.2, -0.15) is 0 Å². The van der Waals surface area contributed by atoms with Crippen molar-refractivity contribution in [3.8, 4) is 0 Å². The maximum atomic E-state index is 10.3. The number of aryl methyl sites for hydroxylation is 1. The fourth-order valence-electron chi connectivity index (χ4n) is 3.05. The molecule has 1 aliphatic carbocycles. The highest BCUT2D eigenvalue weighted by atomic mass is 32.1. The molecule has 0 bridgehead atoms. The summed E-state index contributed by atoms with van der Waals surface area (Å²) in [5.41, 5.74) is 1.00. The van der Waals surface area contributed by atoms with Gasteiger partial charge >= 0.3 is 0 Å². The van der Waals surface area contributed by atoms with E-state index in [0.717, 1.165) is 49.0 Å². The molecule has 1 heterocycles. The van der Waals surface area contributed by atoms with Crippen LogP contribution in [-0.4, -0.2) is 47.7 Å². The number of nitrogens with zero attached hydrogens (tertiary/aromatic N) is 3. The maximum Gasteiger partial charge on any atom is 0.193 e. The van der Waals surface area contributed by atoms with E-state index in [2.05, 4.69) is 32.5 Å². The molecule has 1 fully saturated rings. The van der Waals surface area contributed by atoms with Crippen molar-refractivity contribution in [1.29, 1.82) is 0 Å². The molecule has 0 amide bonds. The van der Waals surface area contributed by atoms with E-state index >= 15 is 0 Å². The molecule has 5 nitrogen and oxygen atoms in total. The van der Waals surface area contributed by atoms with Crippen LogP contribution in [0.5, 0.6) is 0 Å². The minimum absolute atomic E-state index is 0.0632. The van der Waals surface area contributed by atoms with Gasteiger partial charge in [0.1, 0.15) is 0 Å². The van der Waals surface area contributed by atoms with Gasteiger partial charge in [-0.25, -0.2) is 4.98 Å². The number of aromatic nitrogens is 1. The second kappa shape index (κ2) is 7.42. The number of thiazole rings is 1. The summed E-state index contributed by atoms with van der Waals surface area (Å²) in [6, 6.07) is 0. The van der Waals surface area contributed by atoms with Gasteiger partial charge in [-0.3, -0.25) is 4.99 Å². The zero-order valence-electron chi connectivity index (χ0n) is 14.1.